The van der Waals surface area contributed by atoms with Gasteiger partial charge in [-0.15, -0.1) is 0 Å². The summed E-state index contributed by atoms with van der Waals surface area (Å²) in [6, 6.07) is 9.59. The molecule has 1 aliphatic heterocycles. The van der Waals surface area contributed by atoms with E-state index in [9.17, 15) is 18.8 Å². The molecule has 3 amide bonds. The fourth-order valence-electron chi connectivity index (χ4n) is 4.20. The lowest BCUT2D eigenvalue weighted by Gasteiger charge is -2.41. The highest BCUT2D eigenvalue weighted by molar-refractivity contribution is 5.99. The van der Waals surface area contributed by atoms with Gasteiger partial charge in [-0.1, -0.05) is 12.1 Å². The van der Waals surface area contributed by atoms with E-state index in [-0.39, 0.29) is 36.8 Å². The highest BCUT2D eigenvalue weighted by Gasteiger charge is 2.32. The number of H-pyrrole nitrogens is 1. The van der Waals surface area contributed by atoms with E-state index in [0.717, 1.165) is 17.5 Å². The first-order chi connectivity index (χ1) is 19.1. The number of hydrogen-bond acceptors (Lipinski definition) is 7. The van der Waals surface area contributed by atoms with Crippen molar-refractivity contribution < 1.29 is 23.5 Å². The third-order valence-electron chi connectivity index (χ3n) is 6.27. The third kappa shape index (κ3) is 7.78. The monoisotopic (exact) mass is 551 g/mol. The molecule has 0 spiro atoms. The predicted octanol–water partition coefficient (Wildman–Crippen LogP) is 3.12. The fraction of sp³-hybridized carbons (Fsp3) is 0.393. The van der Waals surface area contributed by atoms with Crippen molar-refractivity contribution in [2.75, 3.05) is 31.5 Å². The second kappa shape index (κ2) is 12.6. The zero-order valence-corrected chi connectivity index (χ0v) is 22.8. The normalized spacial score (nSPS) is 14.7. The molecule has 4 N–H and O–H groups in total. The standard InChI is InChI=1S/C28H34FN7O4/c1-28(2,3)40-27(39)32-17-24(37)36-12-10-21(36)16-31-26(38)22-7-8-23(19-14-33-34-15-19)35-25(22)30-11-9-18-5-4-6-20(29)13-18/h4-8,13-15,21H,9-12,16-17H2,1-3H3,(H,30,35)(H,31,38)(H,32,39)(H,33,34)/t21-/m1/s1. The van der Waals surface area contributed by atoms with Crippen LogP contribution in [0.3, 0.4) is 0 Å². The smallest absolute Gasteiger partial charge is 0.408 e. The molecule has 212 valence electrons. The van der Waals surface area contributed by atoms with Crippen molar-refractivity contribution in [3.8, 4) is 11.3 Å². The number of aromatic amines is 1. The van der Waals surface area contributed by atoms with Crippen LogP contribution in [0, 0.1) is 5.82 Å². The first kappa shape index (κ1) is 28.5. The second-order valence-electron chi connectivity index (χ2n) is 10.5. The highest BCUT2D eigenvalue weighted by atomic mass is 19.1. The van der Waals surface area contributed by atoms with Crippen molar-refractivity contribution in [2.45, 2.75) is 45.3 Å². The number of halogens is 1. The lowest BCUT2D eigenvalue weighted by Crippen LogP contribution is -2.58. The Balaban J connectivity index is 1.35. The van der Waals surface area contributed by atoms with E-state index in [1.165, 1.54) is 12.1 Å². The summed E-state index contributed by atoms with van der Waals surface area (Å²) in [4.78, 5) is 43.9. The molecule has 4 rings (SSSR count). The molecule has 3 heterocycles. The van der Waals surface area contributed by atoms with Crippen LogP contribution in [0.15, 0.2) is 48.8 Å². The Morgan fingerprint density at radius 3 is 2.67 bits per heavy atom. The van der Waals surface area contributed by atoms with Crippen LogP contribution in [0.5, 0.6) is 0 Å². The van der Waals surface area contributed by atoms with Gasteiger partial charge in [-0.3, -0.25) is 14.7 Å². The molecular formula is C28H34FN7O4. The maximum Gasteiger partial charge on any atom is 0.408 e. The summed E-state index contributed by atoms with van der Waals surface area (Å²) in [6.07, 6.45) is 3.95. The second-order valence-corrected chi connectivity index (χ2v) is 10.5. The van der Waals surface area contributed by atoms with Gasteiger partial charge in [0.25, 0.3) is 5.91 Å². The van der Waals surface area contributed by atoms with Gasteiger partial charge in [0.05, 0.1) is 23.5 Å². The van der Waals surface area contributed by atoms with E-state index in [2.05, 4.69) is 31.1 Å². The summed E-state index contributed by atoms with van der Waals surface area (Å²) < 4.78 is 18.7. The summed E-state index contributed by atoms with van der Waals surface area (Å²) in [7, 11) is 0. The molecule has 0 saturated carbocycles. The number of nitrogens with zero attached hydrogens (tertiary/aromatic N) is 3. The first-order valence-corrected chi connectivity index (χ1v) is 13.1. The minimum atomic E-state index is -0.657. The molecular weight excluding hydrogens is 517 g/mol. The first-order valence-electron chi connectivity index (χ1n) is 13.1. The van der Waals surface area contributed by atoms with Gasteiger partial charge in [0.1, 0.15) is 23.8 Å². The lowest BCUT2D eigenvalue weighted by molar-refractivity contribution is -0.137. The van der Waals surface area contributed by atoms with E-state index in [1.807, 2.05) is 6.07 Å². The molecule has 2 aromatic heterocycles. The van der Waals surface area contributed by atoms with Gasteiger partial charge in [0.15, 0.2) is 0 Å². The van der Waals surface area contributed by atoms with E-state index in [1.54, 1.807) is 56.3 Å². The Labute approximate surface area is 231 Å². The zero-order valence-electron chi connectivity index (χ0n) is 22.8. The number of hydrogen-bond donors (Lipinski definition) is 4. The maximum absolute atomic E-state index is 13.6. The minimum absolute atomic E-state index is 0.181. The van der Waals surface area contributed by atoms with Crippen molar-refractivity contribution in [3.05, 3.63) is 65.7 Å². The molecule has 0 radical (unpaired) electrons. The van der Waals surface area contributed by atoms with Crippen LogP contribution in [0.25, 0.3) is 11.3 Å². The number of carbonyl (C=O) groups is 3. The van der Waals surface area contributed by atoms with Crippen LogP contribution in [0.4, 0.5) is 15.0 Å². The van der Waals surface area contributed by atoms with Crippen LogP contribution in [-0.4, -0.2) is 75.8 Å². The number of pyridine rings is 1. The molecule has 1 fully saturated rings. The maximum atomic E-state index is 13.6. The van der Waals surface area contributed by atoms with Gasteiger partial charge in [0.2, 0.25) is 5.91 Å². The molecule has 0 unspecified atom stereocenters. The molecule has 3 aromatic rings. The third-order valence-corrected chi connectivity index (χ3v) is 6.27. The predicted molar refractivity (Wildman–Crippen MR) is 147 cm³/mol. The highest BCUT2D eigenvalue weighted by Crippen LogP contribution is 2.22. The van der Waals surface area contributed by atoms with Crippen LogP contribution in [0.1, 0.15) is 43.1 Å². The Hall–Kier alpha value is -4.48. The van der Waals surface area contributed by atoms with E-state index >= 15 is 0 Å². The number of benzene rings is 1. The van der Waals surface area contributed by atoms with Crippen LogP contribution in [-0.2, 0) is 16.0 Å². The summed E-state index contributed by atoms with van der Waals surface area (Å²) in [6.45, 7) is 6.28. The molecule has 12 heteroatoms. The number of rotatable bonds is 10. The fourth-order valence-corrected chi connectivity index (χ4v) is 4.20. The van der Waals surface area contributed by atoms with E-state index in [4.69, 9.17) is 4.74 Å². The van der Waals surface area contributed by atoms with Crippen molar-refractivity contribution in [1.29, 1.82) is 0 Å². The Morgan fingerprint density at radius 2 is 2.00 bits per heavy atom. The average Bonchev–Trinajstić information content (AvgIpc) is 3.41. The number of nitrogens with one attached hydrogen (secondary N) is 4. The van der Waals surface area contributed by atoms with E-state index < -0.39 is 11.7 Å². The number of amides is 3. The zero-order chi connectivity index (χ0) is 28.7. The molecule has 40 heavy (non-hydrogen) atoms. The van der Waals surface area contributed by atoms with Gasteiger partial charge in [-0.25, -0.2) is 14.2 Å². The SMILES string of the molecule is CC(C)(C)OC(=O)NCC(=O)N1CC[C@@H]1CNC(=O)c1ccc(-c2cn[nH]c2)nc1NCCc1cccc(F)c1. The summed E-state index contributed by atoms with van der Waals surface area (Å²) in [5, 5.41) is 15.3. The largest absolute Gasteiger partial charge is 0.444 e. The molecule has 1 atom stereocenters. The molecule has 11 nitrogen and oxygen atoms in total. The molecule has 1 saturated heterocycles. The van der Waals surface area contributed by atoms with Crippen molar-refractivity contribution in [3.63, 3.8) is 0 Å². The minimum Gasteiger partial charge on any atom is -0.444 e. The summed E-state index contributed by atoms with van der Waals surface area (Å²) in [5.41, 5.74) is 1.90. The number of ether oxygens (including phenoxy) is 1. The Morgan fingerprint density at radius 1 is 1.18 bits per heavy atom. The van der Waals surface area contributed by atoms with E-state index in [0.29, 0.717) is 36.6 Å². The molecule has 1 aromatic carbocycles. The van der Waals surface area contributed by atoms with Gasteiger partial charge in [-0.2, -0.15) is 5.10 Å². The van der Waals surface area contributed by atoms with Gasteiger partial charge < -0.3 is 25.6 Å². The van der Waals surface area contributed by atoms with Crippen LogP contribution in [0.2, 0.25) is 0 Å². The number of alkyl carbamates (subject to hydrolysis) is 1. The lowest BCUT2D eigenvalue weighted by atomic mass is 10.0. The quantitative estimate of drug-likeness (QED) is 0.303. The molecule has 1 aliphatic rings. The average molecular weight is 552 g/mol. The topological polar surface area (TPSA) is 141 Å². The van der Waals surface area contributed by atoms with Crippen LogP contribution >= 0.6 is 0 Å². The summed E-state index contributed by atoms with van der Waals surface area (Å²) in [5.74, 6) is -0.509. The van der Waals surface area contributed by atoms with Gasteiger partial charge in [-0.05, 0) is 63.4 Å². The summed E-state index contributed by atoms with van der Waals surface area (Å²) >= 11 is 0. The molecule has 0 bridgehead atoms. The number of carbonyl (C=O) groups excluding carboxylic acids is 3. The number of likely N-dealkylation sites (tertiary alicyclic amines) is 1. The number of aromatic nitrogens is 3. The Bertz CT molecular complexity index is 1340. The van der Waals surface area contributed by atoms with Crippen molar-refractivity contribution >= 4 is 23.7 Å². The van der Waals surface area contributed by atoms with Crippen molar-refractivity contribution in [1.82, 2.24) is 30.7 Å². The number of anilines is 1. The van der Waals surface area contributed by atoms with Gasteiger partial charge >= 0.3 is 6.09 Å². The van der Waals surface area contributed by atoms with Gasteiger partial charge in [0, 0.05) is 31.4 Å². The Kier molecular flexibility index (Phi) is 8.97. The molecule has 0 aliphatic carbocycles. The van der Waals surface area contributed by atoms with Crippen LogP contribution < -0.4 is 16.0 Å². The van der Waals surface area contributed by atoms with Crippen molar-refractivity contribution in [2.24, 2.45) is 0 Å².